The van der Waals surface area contributed by atoms with Crippen LogP contribution in [0.3, 0.4) is 0 Å². The van der Waals surface area contributed by atoms with Crippen LogP contribution in [0.25, 0.3) is 0 Å². The molecular weight excluding hydrogens is 218 g/mol. The molecule has 1 aliphatic heterocycles. The van der Waals surface area contributed by atoms with Gasteiger partial charge in [-0.3, -0.25) is 9.78 Å². The number of amides is 1. The highest BCUT2D eigenvalue weighted by atomic mass is 16.3. The van der Waals surface area contributed by atoms with E-state index in [9.17, 15) is 9.90 Å². The highest BCUT2D eigenvalue weighted by molar-refractivity contribution is 5.94. The minimum absolute atomic E-state index is 0.0111. The lowest BCUT2D eigenvalue weighted by Gasteiger charge is -2.22. The molecule has 2 rings (SSSR count). The predicted octanol–water partition coefficient (Wildman–Crippen LogP) is 0.517. The lowest BCUT2D eigenvalue weighted by Crippen LogP contribution is -2.38. The molecule has 1 fully saturated rings. The number of nitrogens with one attached hydrogen (secondary N) is 2. The van der Waals surface area contributed by atoms with Crippen molar-refractivity contribution in [2.24, 2.45) is 5.92 Å². The summed E-state index contributed by atoms with van der Waals surface area (Å²) in [4.78, 5) is 15.5. The minimum Gasteiger partial charge on any atom is -0.506 e. The van der Waals surface area contributed by atoms with E-state index in [1.807, 2.05) is 0 Å². The molecular formula is C12H17N3O2. The summed E-state index contributed by atoms with van der Waals surface area (Å²) in [7, 11) is 0. The Hall–Kier alpha value is -1.62. The number of piperidine rings is 1. The Morgan fingerprint density at radius 3 is 3.18 bits per heavy atom. The third kappa shape index (κ3) is 3.42. The van der Waals surface area contributed by atoms with Gasteiger partial charge in [-0.25, -0.2) is 0 Å². The quantitative estimate of drug-likeness (QED) is 0.714. The molecule has 0 aliphatic carbocycles. The first kappa shape index (κ1) is 11.9. The highest BCUT2D eigenvalue weighted by Crippen LogP contribution is 2.10. The van der Waals surface area contributed by atoms with Crippen LogP contribution >= 0.6 is 0 Å². The van der Waals surface area contributed by atoms with Gasteiger partial charge in [-0.05, 0) is 37.9 Å². The van der Waals surface area contributed by atoms with Gasteiger partial charge in [0.1, 0.15) is 5.75 Å². The minimum atomic E-state index is -0.182. The Bertz CT molecular complexity index is 389. The van der Waals surface area contributed by atoms with Crippen LogP contribution in [-0.4, -0.2) is 35.6 Å². The zero-order chi connectivity index (χ0) is 12.1. The Morgan fingerprint density at radius 2 is 2.47 bits per heavy atom. The van der Waals surface area contributed by atoms with Crippen LogP contribution in [0.2, 0.25) is 0 Å². The summed E-state index contributed by atoms with van der Waals surface area (Å²) in [5.41, 5.74) is 0.397. The molecule has 1 aromatic heterocycles. The molecule has 0 saturated carbocycles. The van der Waals surface area contributed by atoms with E-state index in [0.29, 0.717) is 18.0 Å². The van der Waals surface area contributed by atoms with Gasteiger partial charge in [0.05, 0.1) is 11.8 Å². The molecule has 17 heavy (non-hydrogen) atoms. The van der Waals surface area contributed by atoms with E-state index in [2.05, 4.69) is 15.6 Å². The molecule has 2 heterocycles. The second kappa shape index (κ2) is 5.63. The fourth-order valence-electron chi connectivity index (χ4n) is 1.99. The highest BCUT2D eigenvalue weighted by Gasteiger charge is 2.14. The third-order valence-corrected chi connectivity index (χ3v) is 2.94. The summed E-state index contributed by atoms with van der Waals surface area (Å²) in [6.07, 6.45) is 5.07. The molecule has 1 saturated heterocycles. The maximum absolute atomic E-state index is 11.8. The van der Waals surface area contributed by atoms with Gasteiger partial charge in [-0.15, -0.1) is 0 Å². The Kier molecular flexibility index (Phi) is 3.93. The van der Waals surface area contributed by atoms with Gasteiger partial charge in [0.15, 0.2) is 0 Å². The van der Waals surface area contributed by atoms with Crippen molar-refractivity contribution in [3.8, 4) is 5.75 Å². The number of hydrogen-bond acceptors (Lipinski definition) is 4. The zero-order valence-electron chi connectivity index (χ0n) is 9.65. The van der Waals surface area contributed by atoms with E-state index in [0.717, 1.165) is 25.9 Å². The molecule has 5 nitrogen and oxygen atoms in total. The molecule has 1 aliphatic rings. The molecule has 5 heteroatoms. The predicted molar refractivity (Wildman–Crippen MR) is 63.8 cm³/mol. The second-order valence-electron chi connectivity index (χ2n) is 4.35. The first-order chi connectivity index (χ1) is 8.25. The van der Waals surface area contributed by atoms with E-state index < -0.39 is 0 Å². The molecule has 0 aromatic carbocycles. The Morgan fingerprint density at radius 1 is 1.59 bits per heavy atom. The largest absolute Gasteiger partial charge is 0.506 e. The molecule has 1 unspecified atom stereocenters. The molecule has 0 bridgehead atoms. The SMILES string of the molecule is O=C(NCC1CCCNC1)c1cncc(O)c1. The van der Waals surface area contributed by atoms with Gasteiger partial charge >= 0.3 is 0 Å². The summed E-state index contributed by atoms with van der Waals surface area (Å²) in [5.74, 6) is 0.328. The lowest BCUT2D eigenvalue weighted by molar-refractivity contribution is 0.0944. The first-order valence-electron chi connectivity index (χ1n) is 5.88. The average Bonchev–Trinajstić information content (AvgIpc) is 2.37. The fourth-order valence-corrected chi connectivity index (χ4v) is 1.99. The standard InChI is InChI=1S/C12H17N3O2/c16-11-4-10(7-14-8-11)12(17)15-6-9-2-1-3-13-5-9/h4,7-9,13,16H,1-3,5-6H2,(H,15,17). The average molecular weight is 235 g/mol. The van der Waals surface area contributed by atoms with Gasteiger partial charge < -0.3 is 15.7 Å². The monoisotopic (exact) mass is 235 g/mol. The van der Waals surface area contributed by atoms with E-state index in [-0.39, 0.29) is 11.7 Å². The maximum atomic E-state index is 11.8. The summed E-state index contributed by atoms with van der Waals surface area (Å²) in [6.45, 7) is 2.70. The van der Waals surface area contributed by atoms with Crippen LogP contribution < -0.4 is 10.6 Å². The van der Waals surface area contributed by atoms with Gasteiger partial charge in [-0.2, -0.15) is 0 Å². The number of aromatic nitrogens is 1. The Balaban J connectivity index is 1.84. The second-order valence-corrected chi connectivity index (χ2v) is 4.35. The normalized spacial score (nSPS) is 19.9. The van der Waals surface area contributed by atoms with Crippen molar-refractivity contribution in [2.45, 2.75) is 12.8 Å². The van der Waals surface area contributed by atoms with Crippen molar-refractivity contribution in [3.05, 3.63) is 24.0 Å². The van der Waals surface area contributed by atoms with E-state index in [4.69, 9.17) is 0 Å². The topological polar surface area (TPSA) is 74.2 Å². The molecule has 1 aromatic rings. The number of rotatable bonds is 3. The first-order valence-corrected chi connectivity index (χ1v) is 5.88. The summed E-state index contributed by atoms with van der Waals surface area (Å²) in [6, 6.07) is 1.42. The molecule has 1 atom stereocenters. The fraction of sp³-hybridized carbons (Fsp3) is 0.500. The molecule has 0 radical (unpaired) electrons. The van der Waals surface area contributed by atoms with Gasteiger partial charge in [-0.1, -0.05) is 0 Å². The van der Waals surface area contributed by atoms with Gasteiger partial charge in [0.25, 0.3) is 5.91 Å². The van der Waals surface area contributed by atoms with Crippen molar-refractivity contribution in [3.63, 3.8) is 0 Å². The van der Waals surface area contributed by atoms with Crippen LogP contribution in [0.5, 0.6) is 5.75 Å². The zero-order valence-corrected chi connectivity index (χ0v) is 9.65. The number of carbonyl (C=O) groups excluding carboxylic acids is 1. The number of nitrogens with zero attached hydrogens (tertiary/aromatic N) is 1. The Labute approximate surface area is 100 Å². The molecule has 92 valence electrons. The molecule has 1 amide bonds. The summed E-state index contributed by atoms with van der Waals surface area (Å²) >= 11 is 0. The van der Waals surface area contributed by atoms with E-state index in [1.54, 1.807) is 0 Å². The lowest BCUT2D eigenvalue weighted by atomic mass is 10.00. The van der Waals surface area contributed by atoms with Crippen molar-refractivity contribution in [2.75, 3.05) is 19.6 Å². The van der Waals surface area contributed by atoms with E-state index in [1.165, 1.54) is 18.5 Å². The van der Waals surface area contributed by atoms with Crippen LogP contribution in [0.4, 0.5) is 0 Å². The van der Waals surface area contributed by atoms with Crippen LogP contribution in [-0.2, 0) is 0 Å². The van der Waals surface area contributed by atoms with Gasteiger partial charge in [0, 0.05) is 12.7 Å². The van der Waals surface area contributed by atoms with E-state index >= 15 is 0 Å². The van der Waals surface area contributed by atoms with Crippen molar-refractivity contribution < 1.29 is 9.90 Å². The van der Waals surface area contributed by atoms with Crippen LogP contribution in [0.15, 0.2) is 18.5 Å². The van der Waals surface area contributed by atoms with Crippen molar-refractivity contribution in [1.29, 1.82) is 0 Å². The maximum Gasteiger partial charge on any atom is 0.252 e. The summed E-state index contributed by atoms with van der Waals surface area (Å²) < 4.78 is 0. The number of carbonyl (C=O) groups is 1. The molecule has 0 spiro atoms. The molecule has 3 N–H and O–H groups in total. The third-order valence-electron chi connectivity index (χ3n) is 2.94. The van der Waals surface area contributed by atoms with Crippen LogP contribution in [0, 0.1) is 5.92 Å². The van der Waals surface area contributed by atoms with Crippen molar-refractivity contribution >= 4 is 5.91 Å². The van der Waals surface area contributed by atoms with Crippen molar-refractivity contribution in [1.82, 2.24) is 15.6 Å². The number of aromatic hydroxyl groups is 1. The number of pyridine rings is 1. The smallest absolute Gasteiger partial charge is 0.252 e. The van der Waals surface area contributed by atoms with Crippen LogP contribution in [0.1, 0.15) is 23.2 Å². The van der Waals surface area contributed by atoms with Gasteiger partial charge in [0.2, 0.25) is 0 Å². The summed E-state index contributed by atoms with van der Waals surface area (Å²) in [5, 5.41) is 15.4. The number of hydrogen-bond donors (Lipinski definition) is 3.